The van der Waals surface area contributed by atoms with E-state index in [0.29, 0.717) is 6.54 Å². The van der Waals surface area contributed by atoms with E-state index in [2.05, 4.69) is 49.9 Å². The molecule has 2 atom stereocenters. The van der Waals surface area contributed by atoms with Gasteiger partial charge in [-0.15, -0.1) is 0 Å². The molecule has 0 aliphatic carbocycles. The highest BCUT2D eigenvalue weighted by atomic mass is 16.6. The van der Waals surface area contributed by atoms with Crippen molar-refractivity contribution in [2.75, 3.05) is 72.5 Å². The molecule has 0 spiro atoms. The molecule has 1 aromatic carbocycles. The molecule has 0 saturated carbocycles. The minimum atomic E-state index is -0.759. The molecule has 0 aromatic heterocycles. The first kappa shape index (κ1) is 23.9. The Morgan fingerprint density at radius 2 is 1.55 bits per heavy atom. The molecule has 182 valence electrons. The van der Waals surface area contributed by atoms with Crippen molar-refractivity contribution in [2.45, 2.75) is 31.7 Å². The summed E-state index contributed by atoms with van der Waals surface area (Å²) in [4.78, 5) is 34.3. The maximum absolute atomic E-state index is 12.3. The van der Waals surface area contributed by atoms with Crippen molar-refractivity contribution in [3.63, 3.8) is 0 Å². The second-order valence-electron chi connectivity index (χ2n) is 9.37. The zero-order chi connectivity index (χ0) is 23.2. The number of amides is 1. The molecule has 0 radical (unpaired) electrons. The molecule has 1 aromatic rings. The maximum Gasteiger partial charge on any atom is 0.411 e. The molecule has 9 nitrogen and oxygen atoms in total. The number of piperazine rings is 2. The monoisotopic (exact) mass is 459 g/mol. The van der Waals surface area contributed by atoms with Gasteiger partial charge in [0, 0.05) is 79.0 Å². The van der Waals surface area contributed by atoms with Crippen LogP contribution in [0.5, 0.6) is 0 Å². The van der Waals surface area contributed by atoms with E-state index in [1.165, 1.54) is 5.56 Å². The van der Waals surface area contributed by atoms with Gasteiger partial charge in [-0.3, -0.25) is 14.6 Å². The number of rotatable bonds is 9. The topological polar surface area (TPSA) is 79.8 Å². The summed E-state index contributed by atoms with van der Waals surface area (Å²) in [5, 5.41) is 8.90. The fourth-order valence-corrected chi connectivity index (χ4v) is 5.07. The molecule has 3 fully saturated rings. The predicted octanol–water partition coefficient (Wildman–Crippen LogP) is 1.06. The molecule has 1 N–H and O–H groups in total. The minimum Gasteiger partial charge on any atom is -0.481 e. The van der Waals surface area contributed by atoms with Gasteiger partial charge < -0.3 is 24.5 Å². The smallest absolute Gasteiger partial charge is 0.411 e. The van der Waals surface area contributed by atoms with Crippen LogP contribution in [-0.4, -0.2) is 126 Å². The van der Waals surface area contributed by atoms with Crippen molar-refractivity contribution in [1.29, 1.82) is 0 Å². The summed E-state index contributed by atoms with van der Waals surface area (Å²) in [6.07, 6.45) is 0.599. The van der Waals surface area contributed by atoms with Crippen molar-refractivity contribution in [2.24, 2.45) is 0 Å². The van der Waals surface area contributed by atoms with Crippen LogP contribution in [0.15, 0.2) is 30.3 Å². The summed E-state index contributed by atoms with van der Waals surface area (Å²) in [6.45, 7) is 9.95. The molecule has 9 heteroatoms. The number of carbonyl (C=O) groups is 2. The first-order chi connectivity index (χ1) is 16.0. The molecule has 3 saturated heterocycles. The third-order valence-corrected chi connectivity index (χ3v) is 7.20. The second-order valence-corrected chi connectivity index (χ2v) is 9.37. The van der Waals surface area contributed by atoms with E-state index in [9.17, 15) is 9.59 Å². The van der Waals surface area contributed by atoms with Crippen LogP contribution in [0.3, 0.4) is 0 Å². The number of nitrogens with zero attached hydrogens (tertiary/aromatic N) is 5. The van der Waals surface area contributed by atoms with Gasteiger partial charge in [-0.05, 0) is 12.0 Å². The Bertz CT molecular complexity index is 778. The van der Waals surface area contributed by atoms with E-state index in [0.717, 1.165) is 71.9 Å². The Hall–Kier alpha value is -2.20. The number of carbonyl (C=O) groups excluding carboxylic acids is 1. The summed E-state index contributed by atoms with van der Waals surface area (Å²) in [5.74, 6) is -0.759. The zero-order valence-electron chi connectivity index (χ0n) is 19.6. The number of carboxylic acid groups (broad SMARTS) is 1. The Balaban J connectivity index is 1.22. The number of aliphatic carboxylic acids is 1. The highest BCUT2D eigenvalue weighted by Gasteiger charge is 2.43. The molecule has 3 aliphatic rings. The molecule has 33 heavy (non-hydrogen) atoms. The first-order valence-corrected chi connectivity index (χ1v) is 12.1. The number of ether oxygens (including phenoxy) is 1. The lowest BCUT2D eigenvalue weighted by molar-refractivity contribution is -0.137. The van der Waals surface area contributed by atoms with Crippen LogP contribution < -0.4 is 0 Å². The Kier molecular flexibility index (Phi) is 8.19. The average Bonchev–Trinajstić information content (AvgIpc) is 3.12. The highest BCUT2D eigenvalue weighted by Crippen LogP contribution is 2.25. The van der Waals surface area contributed by atoms with Crippen molar-refractivity contribution in [3.8, 4) is 0 Å². The Morgan fingerprint density at radius 3 is 2.21 bits per heavy atom. The molecule has 3 aliphatic heterocycles. The number of likely N-dealkylation sites (N-methyl/N-ethyl adjacent to an activating group) is 1. The molecular weight excluding hydrogens is 422 g/mol. The van der Waals surface area contributed by atoms with Crippen LogP contribution >= 0.6 is 0 Å². The normalized spacial score (nSPS) is 26.0. The second kappa shape index (κ2) is 11.3. The average molecular weight is 460 g/mol. The van der Waals surface area contributed by atoms with Crippen molar-refractivity contribution in [3.05, 3.63) is 35.9 Å². The van der Waals surface area contributed by atoms with Crippen molar-refractivity contribution in [1.82, 2.24) is 24.5 Å². The fraction of sp³-hybridized carbons (Fsp3) is 0.667. The molecule has 0 bridgehead atoms. The van der Waals surface area contributed by atoms with E-state index in [1.807, 2.05) is 7.05 Å². The van der Waals surface area contributed by atoms with Crippen LogP contribution in [0, 0.1) is 0 Å². The lowest BCUT2D eigenvalue weighted by Gasteiger charge is -2.39. The van der Waals surface area contributed by atoms with Gasteiger partial charge in [0.15, 0.2) is 6.23 Å². The van der Waals surface area contributed by atoms with Crippen LogP contribution in [0.25, 0.3) is 0 Å². The molecular formula is C24H37N5O4. The lowest BCUT2D eigenvalue weighted by Crippen LogP contribution is -2.55. The Labute approximate surface area is 196 Å². The van der Waals surface area contributed by atoms with Gasteiger partial charge >= 0.3 is 12.1 Å². The molecule has 3 heterocycles. The molecule has 1 amide bonds. The van der Waals surface area contributed by atoms with Crippen LogP contribution in [0.4, 0.5) is 4.79 Å². The molecule has 4 rings (SSSR count). The van der Waals surface area contributed by atoms with Gasteiger partial charge in [-0.2, -0.15) is 0 Å². The van der Waals surface area contributed by atoms with E-state index in [1.54, 1.807) is 4.90 Å². The summed E-state index contributed by atoms with van der Waals surface area (Å²) < 4.78 is 5.76. The Morgan fingerprint density at radius 1 is 0.939 bits per heavy atom. The van der Waals surface area contributed by atoms with E-state index < -0.39 is 5.97 Å². The van der Waals surface area contributed by atoms with Crippen LogP contribution in [0.1, 0.15) is 18.4 Å². The predicted molar refractivity (Wildman–Crippen MR) is 125 cm³/mol. The SMILES string of the molecule is CN1C(=O)OC(N2CCN(CCC(=O)O)CC2)C1CCN1CCN(Cc2ccccc2)CC1. The third kappa shape index (κ3) is 6.44. The van der Waals surface area contributed by atoms with Gasteiger partial charge in [0.2, 0.25) is 0 Å². The summed E-state index contributed by atoms with van der Waals surface area (Å²) in [7, 11) is 1.84. The summed E-state index contributed by atoms with van der Waals surface area (Å²) >= 11 is 0. The van der Waals surface area contributed by atoms with E-state index >= 15 is 0 Å². The van der Waals surface area contributed by atoms with Gasteiger partial charge in [-0.25, -0.2) is 4.79 Å². The van der Waals surface area contributed by atoms with Gasteiger partial charge in [0.25, 0.3) is 0 Å². The zero-order valence-corrected chi connectivity index (χ0v) is 19.6. The standard InChI is InChI=1S/C24H37N5O4/c1-25-21(7-9-26-11-13-28(14-12-26)19-20-5-3-2-4-6-20)23(33-24(25)32)29-17-15-27(16-18-29)10-8-22(30)31/h2-6,21,23H,7-19H2,1H3,(H,30,31). The highest BCUT2D eigenvalue weighted by molar-refractivity contribution is 5.70. The number of carboxylic acids is 1. The first-order valence-electron chi connectivity index (χ1n) is 12.1. The quantitative estimate of drug-likeness (QED) is 0.587. The van der Waals surface area contributed by atoms with Crippen molar-refractivity contribution < 1.29 is 19.4 Å². The van der Waals surface area contributed by atoms with Gasteiger partial charge in [0.1, 0.15) is 0 Å². The number of benzene rings is 1. The fourth-order valence-electron chi connectivity index (χ4n) is 5.07. The largest absolute Gasteiger partial charge is 0.481 e. The van der Waals surface area contributed by atoms with Gasteiger partial charge in [0.05, 0.1) is 12.5 Å². The third-order valence-electron chi connectivity index (χ3n) is 7.20. The van der Waals surface area contributed by atoms with Crippen LogP contribution in [0.2, 0.25) is 0 Å². The molecule has 2 unspecified atom stereocenters. The van der Waals surface area contributed by atoms with Crippen molar-refractivity contribution >= 4 is 12.1 Å². The summed E-state index contributed by atoms with van der Waals surface area (Å²) in [6, 6.07) is 10.7. The minimum absolute atomic E-state index is 0.0467. The van der Waals surface area contributed by atoms with Crippen LogP contribution in [-0.2, 0) is 16.1 Å². The number of hydrogen-bond acceptors (Lipinski definition) is 7. The lowest BCUT2D eigenvalue weighted by atomic mass is 10.1. The maximum atomic E-state index is 12.3. The number of cyclic esters (lactones) is 1. The van der Waals surface area contributed by atoms with Gasteiger partial charge in [-0.1, -0.05) is 30.3 Å². The van der Waals surface area contributed by atoms with E-state index in [4.69, 9.17) is 9.84 Å². The number of hydrogen-bond donors (Lipinski definition) is 1. The summed E-state index contributed by atoms with van der Waals surface area (Å²) in [5.41, 5.74) is 1.36. The van der Waals surface area contributed by atoms with E-state index in [-0.39, 0.29) is 24.8 Å².